The van der Waals surface area contributed by atoms with Crippen LogP contribution in [0.1, 0.15) is 28.7 Å². The summed E-state index contributed by atoms with van der Waals surface area (Å²) in [7, 11) is -1.98. The van der Waals surface area contributed by atoms with Gasteiger partial charge in [-0.1, -0.05) is 12.1 Å². The topological polar surface area (TPSA) is 81.1 Å². The van der Waals surface area contributed by atoms with Gasteiger partial charge in [0.05, 0.1) is 5.69 Å². The molecule has 136 valence electrons. The number of hydrogen-bond donors (Lipinski definition) is 1. The molecule has 0 unspecified atom stereocenters. The van der Waals surface area contributed by atoms with Gasteiger partial charge in [0.2, 0.25) is 0 Å². The number of anilines is 1. The maximum absolute atomic E-state index is 12.9. The van der Waals surface area contributed by atoms with Crippen LogP contribution in [0.3, 0.4) is 0 Å². The SMILES string of the molecule is CC(=O)c1cccc(NS(=O)(=O)c2cc(-c3nc(C)cs3)n(C)c2C)c1. The molecule has 3 rings (SSSR count). The van der Waals surface area contributed by atoms with E-state index in [1.165, 1.54) is 24.3 Å². The smallest absolute Gasteiger partial charge is 0.263 e. The zero-order valence-electron chi connectivity index (χ0n) is 14.9. The summed E-state index contributed by atoms with van der Waals surface area (Å²) in [5.41, 5.74) is 3.07. The minimum absolute atomic E-state index is 0.122. The fourth-order valence-corrected chi connectivity index (χ4v) is 4.82. The van der Waals surface area contributed by atoms with E-state index in [0.29, 0.717) is 16.9 Å². The summed E-state index contributed by atoms with van der Waals surface area (Å²) in [6.07, 6.45) is 0. The van der Waals surface area contributed by atoms with Crippen molar-refractivity contribution in [2.45, 2.75) is 25.7 Å². The van der Waals surface area contributed by atoms with Crippen LogP contribution in [-0.2, 0) is 17.1 Å². The summed E-state index contributed by atoms with van der Waals surface area (Å²) in [5.74, 6) is -0.122. The van der Waals surface area contributed by atoms with E-state index in [-0.39, 0.29) is 10.7 Å². The molecule has 6 nitrogen and oxygen atoms in total. The first-order chi connectivity index (χ1) is 12.2. The molecule has 2 heterocycles. The van der Waals surface area contributed by atoms with Crippen molar-refractivity contribution in [1.29, 1.82) is 0 Å². The molecule has 0 saturated carbocycles. The van der Waals surface area contributed by atoms with Crippen LogP contribution in [-0.4, -0.2) is 23.8 Å². The first kappa shape index (κ1) is 18.3. The molecule has 8 heteroatoms. The van der Waals surface area contributed by atoms with Gasteiger partial charge in [0.25, 0.3) is 10.0 Å². The number of nitrogens with zero attached hydrogens (tertiary/aromatic N) is 2. The Balaban J connectivity index is 2.00. The third-order valence-electron chi connectivity index (χ3n) is 4.14. The van der Waals surface area contributed by atoms with E-state index in [9.17, 15) is 13.2 Å². The second-order valence-electron chi connectivity index (χ2n) is 6.07. The molecule has 0 aliphatic carbocycles. The largest absolute Gasteiger partial charge is 0.345 e. The Morgan fingerprint density at radius 3 is 2.58 bits per heavy atom. The van der Waals surface area contributed by atoms with Crippen molar-refractivity contribution in [2.75, 3.05) is 4.72 Å². The number of hydrogen-bond acceptors (Lipinski definition) is 5. The van der Waals surface area contributed by atoms with Crippen molar-refractivity contribution in [3.63, 3.8) is 0 Å². The molecule has 1 aromatic carbocycles. The van der Waals surface area contributed by atoms with E-state index < -0.39 is 10.0 Å². The zero-order valence-corrected chi connectivity index (χ0v) is 16.5. The molecular formula is C18H19N3O3S2. The van der Waals surface area contributed by atoms with Gasteiger partial charge >= 0.3 is 0 Å². The predicted octanol–water partition coefficient (Wildman–Crippen LogP) is 3.77. The van der Waals surface area contributed by atoms with Crippen LogP contribution in [0.4, 0.5) is 5.69 Å². The second kappa shape index (κ2) is 6.69. The summed E-state index contributed by atoms with van der Waals surface area (Å²) in [6.45, 7) is 5.10. The Hall–Kier alpha value is -2.45. The number of benzene rings is 1. The Morgan fingerprint density at radius 2 is 1.96 bits per heavy atom. The van der Waals surface area contributed by atoms with E-state index in [1.807, 2.05) is 23.9 Å². The maximum atomic E-state index is 12.9. The van der Waals surface area contributed by atoms with Crippen LogP contribution < -0.4 is 4.72 Å². The van der Waals surface area contributed by atoms with Gasteiger partial charge in [0, 0.05) is 35.1 Å². The van der Waals surface area contributed by atoms with Gasteiger partial charge in [0.15, 0.2) is 5.78 Å². The van der Waals surface area contributed by atoms with Gasteiger partial charge in [-0.05, 0) is 39.0 Å². The first-order valence-electron chi connectivity index (χ1n) is 7.91. The fraction of sp³-hybridized carbons (Fsp3) is 0.222. The quantitative estimate of drug-likeness (QED) is 0.674. The van der Waals surface area contributed by atoms with Gasteiger partial charge < -0.3 is 4.57 Å². The lowest BCUT2D eigenvalue weighted by atomic mass is 10.1. The maximum Gasteiger partial charge on any atom is 0.263 e. The Morgan fingerprint density at radius 1 is 1.23 bits per heavy atom. The number of carbonyl (C=O) groups excluding carboxylic acids is 1. The molecule has 0 aliphatic rings. The summed E-state index contributed by atoms with van der Waals surface area (Å²) >= 11 is 1.47. The summed E-state index contributed by atoms with van der Waals surface area (Å²) in [6, 6.07) is 8.08. The standard InChI is InChI=1S/C18H19N3O3S2/c1-11-10-25-18(19-11)16-9-17(12(2)21(16)4)26(23,24)20-15-7-5-6-14(8-15)13(3)22/h5-10,20H,1-4H3. The molecule has 0 atom stereocenters. The molecule has 26 heavy (non-hydrogen) atoms. The monoisotopic (exact) mass is 389 g/mol. The Labute approximate surface area is 156 Å². The molecule has 0 saturated heterocycles. The lowest BCUT2D eigenvalue weighted by molar-refractivity contribution is 0.101. The van der Waals surface area contributed by atoms with E-state index in [0.717, 1.165) is 16.4 Å². The van der Waals surface area contributed by atoms with Gasteiger partial charge in [-0.25, -0.2) is 13.4 Å². The number of carbonyl (C=O) groups is 1. The fourth-order valence-electron chi connectivity index (χ4n) is 2.63. The van der Waals surface area contributed by atoms with Gasteiger partial charge in [-0.2, -0.15) is 0 Å². The molecule has 1 N–H and O–H groups in total. The molecular weight excluding hydrogens is 370 g/mol. The normalized spacial score (nSPS) is 11.5. The Bertz CT molecular complexity index is 1090. The van der Waals surface area contributed by atoms with Gasteiger partial charge in [-0.15, -0.1) is 11.3 Å². The van der Waals surface area contributed by atoms with Crippen LogP contribution in [0.2, 0.25) is 0 Å². The van der Waals surface area contributed by atoms with Crippen molar-refractivity contribution < 1.29 is 13.2 Å². The van der Waals surface area contributed by atoms with Crippen LogP contribution in [0.5, 0.6) is 0 Å². The van der Waals surface area contributed by atoms with E-state index >= 15 is 0 Å². The minimum Gasteiger partial charge on any atom is -0.345 e. The summed E-state index contributed by atoms with van der Waals surface area (Å²) in [4.78, 5) is 16.1. The van der Waals surface area contributed by atoms with Crippen molar-refractivity contribution >= 4 is 32.8 Å². The number of sulfonamides is 1. The highest BCUT2D eigenvalue weighted by atomic mass is 32.2. The number of nitrogens with one attached hydrogen (secondary N) is 1. The number of Topliss-reactive ketones (excluding diaryl/α,β-unsaturated/α-hetero) is 1. The van der Waals surface area contributed by atoms with Crippen LogP contribution in [0.15, 0.2) is 40.6 Å². The third kappa shape index (κ3) is 3.42. The van der Waals surface area contributed by atoms with Crippen LogP contribution in [0, 0.1) is 13.8 Å². The lowest BCUT2D eigenvalue weighted by Crippen LogP contribution is -2.14. The highest BCUT2D eigenvalue weighted by Gasteiger charge is 2.23. The van der Waals surface area contributed by atoms with E-state index in [4.69, 9.17) is 0 Å². The molecule has 0 fully saturated rings. The highest BCUT2D eigenvalue weighted by Crippen LogP contribution is 2.30. The predicted molar refractivity (Wildman–Crippen MR) is 103 cm³/mol. The molecule has 3 aromatic rings. The van der Waals surface area contributed by atoms with Crippen LogP contribution in [0.25, 0.3) is 10.7 Å². The number of ketones is 1. The second-order valence-corrected chi connectivity index (χ2v) is 8.58. The molecule has 0 aliphatic heterocycles. The molecule has 0 amide bonds. The molecule has 2 aromatic heterocycles. The number of aryl methyl sites for hydroxylation is 1. The average molecular weight is 390 g/mol. The van der Waals surface area contributed by atoms with Gasteiger partial charge in [-0.3, -0.25) is 9.52 Å². The Kier molecular flexibility index (Phi) is 4.72. The van der Waals surface area contributed by atoms with Crippen molar-refractivity contribution in [3.8, 4) is 10.7 Å². The van der Waals surface area contributed by atoms with E-state index in [1.54, 1.807) is 31.2 Å². The lowest BCUT2D eigenvalue weighted by Gasteiger charge is -2.09. The van der Waals surface area contributed by atoms with Crippen LogP contribution >= 0.6 is 11.3 Å². The molecule has 0 spiro atoms. The van der Waals surface area contributed by atoms with Crippen molar-refractivity contribution in [2.24, 2.45) is 7.05 Å². The molecule has 0 bridgehead atoms. The summed E-state index contributed by atoms with van der Waals surface area (Å²) in [5, 5.41) is 2.70. The molecule has 0 radical (unpaired) electrons. The van der Waals surface area contributed by atoms with Gasteiger partial charge in [0.1, 0.15) is 9.90 Å². The minimum atomic E-state index is -3.79. The number of rotatable bonds is 5. The third-order valence-corrected chi connectivity index (χ3v) is 6.62. The van der Waals surface area contributed by atoms with E-state index in [2.05, 4.69) is 9.71 Å². The average Bonchev–Trinajstić information content (AvgIpc) is 3.12. The number of thiazole rings is 1. The van der Waals surface area contributed by atoms with Crippen molar-refractivity contribution in [3.05, 3.63) is 52.7 Å². The first-order valence-corrected chi connectivity index (χ1v) is 10.3. The zero-order chi connectivity index (χ0) is 19.1. The number of aromatic nitrogens is 2. The summed E-state index contributed by atoms with van der Waals surface area (Å²) < 4.78 is 30.1. The van der Waals surface area contributed by atoms with Crippen molar-refractivity contribution in [1.82, 2.24) is 9.55 Å². The highest BCUT2D eigenvalue weighted by molar-refractivity contribution is 7.92.